The first kappa shape index (κ1) is 22.1. The molecule has 2 amide bonds. The zero-order valence-electron chi connectivity index (χ0n) is 17.3. The highest BCUT2D eigenvalue weighted by atomic mass is 32.2. The van der Waals surface area contributed by atoms with Crippen LogP contribution in [0.25, 0.3) is 0 Å². The third kappa shape index (κ3) is 5.58. The van der Waals surface area contributed by atoms with E-state index in [2.05, 4.69) is 15.5 Å². The maximum absolute atomic E-state index is 13.2. The molecule has 9 heteroatoms. The summed E-state index contributed by atoms with van der Waals surface area (Å²) in [7, 11) is 0. The van der Waals surface area contributed by atoms with Gasteiger partial charge >= 0.3 is 0 Å². The van der Waals surface area contributed by atoms with Crippen LogP contribution in [-0.4, -0.2) is 38.7 Å². The molecular formula is C24H20N4O4S. The number of anilines is 2. The maximum atomic E-state index is 13.2. The van der Waals surface area contributed by atoms with Crippen molar-refractivity contribution in [2.75, 3.05) is 10.2 Å². The molecule has 1 atom stereocenters. The Balaban J connectivity index is 1.54. The molecule has 0 bridgehead atoms. The van der Waals surface area contributed by atoms with Crippen molar-refractivity contribution in [2.24, 2.45) is 10.2 Å². The zero-order valence-corrected chi connectivity index (χ0v) is 18.1. The van der Waals surface area contributed by atoms with Crippen molar-refractivity contribution in [2.45, 2.75) is 11.7 Å². The van der Waals surface area contributed by atoms with Crippen LogP contribution in [-0.2, 0) is 9.59 Å². The molecule has 1 aliphatic heterocycles. The Hall–Kier alpha value is -4.11. The van der Waals surface area contributed by atoms with Gasteiger partial charge in [0, 0.05) is 12.1 Å². The molecule has 0 radical (unpaired) electrons. The predicted molar refractivity (Wildman–Crippen MR) is 130 cm³/mol. The third-order valence-electron chi connectivity index (χ3n) is 4.71. The summed E-state index contributed by atoms with van der Waals surface area (Å²) in [5.74, 6) is -0.370. The van der Waals surface area contributed by atoms with Crippen LogP contribution < -0.4 is 10.2 Å². The number of aromatic hydroxyl groups is 2. The minimum atomic E-state index is -0.676. The van der Waals surface area contributed by atoms with Crippen LogP contribution >= 0.6 is 11.8 Å². The number of phenols is 2. The van der Waals surface area contributed by atoms with Gasteiger partial charge in [-0.15, -0.1) is 5.10 Å². The van der Waals surface area contributed by atoms with Crippen LogP contribution in [0.4, 0.5) is 11.4 Å². The van der Waals surface area contributed by atoms with Gasteiger partial charge in [-0.3, -0.25) is 14.5 Å². The normalized spacial score (nSPS) is 17.1. The van der Waals surface area contributed by atoms with Crippen molar-refractivity contribution in [1.82, 2.24) is 0 Å². The topological polar surface area (TPSA) is 115 Å². The van der Waals surface area contributed by atoms with E-state index in [1.54, 1.807) is 36.4 Å². The second kappa shape index (κ2) is 10.0. The van der Waals surface area contributed by atoms with Crippen LogP contribution in [0.3, 0.4) is 0 Å². The van der Waals surface area contributed by atoms with Gasteiger partial charge in [-0.1, -0.05) is 30.0 Å². The van der Waals surface area contributed by atoms with Crippen molar-refractivity contribution in [3.63, 3.8) is 0 Å². The largest absolute Gasteiger partial charge is 0.508 e. The van der Waals surface area contributed by atoms with Crippen molar-refractivity contribution in [1.29, 1.82) is 0 Å². The van der Waals surface area contributed by atoms with E-state index in [1.165, 1.54) is 35.4 Å². The lowest BCUT2D eigenvalue weighted by molar-refractivity contribution is -0.121. The molecule has 1 unspecified atom stereocenters. The zero-order chi connectivity index (χ0) is 23.2. The summed E-state index contributed by atoms with van der Waals surface area (Å²) in [5.41, 5.74) is 1.89. The van der Waals surface area contributed by atoms with Crippen molar-refractivity contribution >= 4 is 46.3 Å². The van der Waals surface area contributed by atoms with E-state index < -0.39 is 5.25 Å². The second-order valence-electron chi connectivity index (χ2n) is 7.13. The maximum Gasteiger partial charge on any atom is 0.247 e. The van der Waals surface area contributed by atoms with E-state index in [0.717, 1.165) is 17.3 Å². The molecule has 33 heavy (non-hydrogen) atoms. The second-order valence-corrected chi connectivity index (χ2v) is 8.30. The Labute approximate surface area is 194 Å². The number of benzene rings is 3. The average molecular weight is 461 g/mol. The first-order chi connectivity index (χ1) is 16.0. The molecule has 1 saturated heterocycles. The molecule has 8 nitrogen and oxygen atoms in total. The molecule has 4 rings (SSSR count). The Morgan fingerprint density at radius 1 is 0.970 bits per heavy atom. The van der Waals surface area contributed by atoms with Crippen LogP contribution in [0.2, 0.25) is 0 Å². The molecule has 3 aromatic carbocycles. The molecule has 1 aliphatic rings. The molecule has 3 N–H and O–H groups in total. The lowest BCUT2D eigenvalue weighted by Gasteiger charge is -2.15. The highest BCUT2D eigenvalue weighted by molar-refractivity contribution is 8.16. The van der Waals surface area contributed by atoms with Crippen molar-refractivity contribution < 1.29 is 19.8 Å². The van der Waals surface area contributed by atoms with Gasteiger partial charge < -0.3 is 15.5 Å². The first-order valence-electron chi connectivity index (χ1n) is 10.0. The lowest BCUT2D eigenvalue weighted by atomic mass is 10.2. The quantitative estimate of drug-likeness (QED) is 0.380. The van der Waals surface area contributed by atoms with Gasteiger partial charge in [0.1, 0.15) is 16.7 Å². The molecule has 1 heterocycles. The summed E-state index contributed by atoms with van der Waals surface area (Å²) in [6.07, 6.45) is 1.47. The van der Waals surface area contributed by atoms with Crippen LogP contribution in [0.1, 0.15) is 12.0 Å². The van der Waals surface area contributed by atoms with E-state index in [0.29, 0.717) is 16.5 Å². The number of carbonyl (C=O) groups excluding carboxylic acids is 2. The number of amides is 2. The molecule has 0 spiro atoms. The smallest absolute Gasteiger partial charge is 0.247 e. The van der Waals surface area contributed by atoms with Crippen LogP contribution in [0, 0.1) is 0 Å². The number of phenolic OH excluding ortho intramolecular Hbond substituents is 2. The Morgan fingerprint density at radius 2 is 1.61 bits per heavy atom. The van der Waals surface area contributed by atoms with Gasteiger partial charge in [0.25, 0.3) is 0 Å². The highest BCUT2D eigenvalue weighted by Gasteiger charge is 2.40. The number of hydrogen-bond donors (Lipinski definition) is 3. The van der Waals surface area contributed by atoms with Crippen molar-refractivity contribution in [3.8, 4) is 11.5 Å². The number of carbonyl (C=O) groups is 2. The lowest BCUT2D eigenvalue weighted by Crippen LogP contribution is -2.33. The number of nitrogens with zero attached hydrogens (tertiary/aromatic N) is 3. The monoisotopic (exact) mass is 460 g/mol. The van der Waals surface area contributed by atoms with Crippen LogP contribution in [0.5, 0.6) is 11.5 Å². The standard InChI is InChI=1S/C24H20N4O4S/c29-19-10-6-16(7-11-19)15-25-27-24-28(18-8-12-20(30)13-9-18)23(32)21(33-24)14-22(31)26-17-4-2-1-3-5-17/h1-13,15,21,29-30H,14H2,(H,26,31)/b25-15-,27-24+. The molecule has 0 saturated carbocycles. The Kier molecular flexibility index (Phi) is 6.70. The summed E-state index contributed by atoms with van der Waals surface area (Å²) in [6, 6.07) is 21.6. The molecular weight excluding hydrogens is 440 g/mol. The summed E-state index contributed by atoms with van der Waals surface area (Å²) in [5, 5.41) is 29.7. The number of thioether (sulfide) groups is 1. The molecule has 3 aromatic rings. The molecule has 1 fully saturated rings. The van der Waals surface area contributed by atoms with Gasteiger partial charge in [0.2, 0.25) is 11.8 Å². The van der Waals surface area contributed by atoms with E-state index in [1.807, 2.05) is 18.2 Å². The van der Waals surface area contributed by atoms with Crippen molar-refractivity contribution in [3.05, 3.63) is 84.4 Å². The SMILES string of the molecule is O=C(CC1S/C(=N/N=C\c2ccc(O)cc2)N(c2ccc(O)cc2)C1=O)Nc1ccccc1. The fraction of sp³-hybridized carbons (Fsp3) is 0.0833. The molecule has 0 aliphatic carbocycles. The van der Waals surface area contributed by atoms with Gasteiger partial charge in [0.05, 0.1) is 11.9 Å². The summed E-state index contributed by atoms with van der Waals surface area (Å²) < 4.78 is 0. The summed E-state index contributed by atoms with van der Waals surface area (Å²) in [4.78, 5) is 27.1. The summed E-state index contributed by atoms with van der Waals surface area (Å²) in [6.45, 7) is 0. The highest BCUT2D eigenvalue weighted by Crippen LogP contribution is 2.34. The number of para-hydroxylation sites is 1. The Bertz CT molecular complexity index is 1200. The van der Waals surface area contributed by atoms with E-state index >= 15 is 0 Å². The van der Waals surface area contributed by atoms with E-state index in [9.17, 15) is 19.8 Å². The van der Waals surface area contributed by atoms with Gasteiger partial charge in [-0.05, 0) is 66.2 Å². The fourth-order valence-corrected chi connectivity index (χ4v) is 4.20. The molecule has 166 valence electrons. The number of nitrogens with one attached hydrogen (secondary N) is 1. The number of hydrogen-bond acceptors (Lipinski definition) is 7. The Morgan fingerprint density at radius 3 is 2.27 bits per heavy atom. The number of rotatable bonds is 6. The average Bonchev–Trinajstić information content (AvgIpc) is 3.11. The number of amidine groups is 1. The fourth-order valence-electron chi connectivity index (χ4n) is 3.11. The third-order valence-corrected chi connectivity index (χ3v) is 5.84. The van der Waals surface area contributed by atoms with Gasteiger partial charge in [-0.2, -0.15) is 5.10 Å². The minimum absolute atomic E-state index is 0.0341. The summed E-state index contributed by atoms with van der Waals surface area (Å²) >= 11 is 1.15. The first-order valence-corrected chi connectivity index (χ1v) is 10.9. The van der Waals surface area contributed by atoms with Crippen LogP contribution in [0.15, 0.2) is 89.1 Å². The van der Waals surface area contributed by atoms with Gasteiger partial charge in [-0.25, -0.2) is 0 Å². The minimum Gasteiger partial charge on any atom is -0.508 e. The van der Waals surface area contributed by atoms with E-state index in [-0.39, 0.29) is 29.7 Å². The predicted octanol–water partition coefficient (Wildman–Crippen LogP) is 3.97. The molecule has 0 aromatic heterocycles. The van der Waals surface area contributed by atoms with Gasteiger partial charge in [0.15, 0.2) is 5.17 Å². The van der Waals surface area contributed by atoms with E-state index in [4.69, 9.17) is 0 Å².